The third-order valence-corrected chi connectivity index (χ3v) is 3.24. The zero-order valence-corrected chi connectivity index (χ0v) is 11.4. The second kappa shape index (κ2) is 6.80. The van der Waals surface area contributed by atoms with Crippen molar-refractivity contribution in [2.45, 2.75) is 19.4 Å². The number of hydrogen-bond donors (Lipinski definition) is 1. The van der Waals surface area contributed by atoms with Gasteiger partial charge in [0.1, 0.15) is 23.6 Å². The van der Waals surface area contributed by atoms with Gasteiger partial charge in [-0.1, -0.05) is 0 Å². The van der Waals surface area contributed by atoms with Gasteiger partial charge in [-0.3, -0.25) is 14.3 Å². The largest absolute Gasteiger partial charge is 0.366 e. The van der Waals surface area contributed by atoms with Gasteiger partial charge in [-0.2, -0.15) is 5.26 Å². The molecule has 19 heavy (non-hydrogen) atoms. The third kappa shape index (κ3) is 4.63. The zero-order valence-electron chi connectivity index (χ0n) is 10.6. The minimum absolute atomic E-state index is 0.0232. The summed E-state index contributed by atoms with van der Waals surface area (Å²) in [7, 11) is -0.876. The van der Waals surface area contributed by atoms with Crippen molar-refractivity contribution in [2.75, 3.05) is 17.3 Å². The van der Waals surface area contributed by atoms with Crippen LogP contribution in [0, 0.1) is 21.4 Å². The quantitative estimate of drug-likeness (QED) is 0.624. The van der Waals surface area contributed by atoms with Crippen LogP contribution in [0.4, 0.5) is 11.5 Å². The summed E-state index contributed by atoms with van der Waals surface area (Å²) in [5.74, 6) is 0.853. The molecule has 102 valence electrons. The van der Waals surface area contributed by atoms with E-state index in [0.29, 0.717) is 18.0 Å². The van der Waals surface area contributed by atoms with Crippen molar-refractivity contribution in [1.82, 2.24) is 4.98 Å². The molecule has 0 radical (unpaired) electrons. The molecule has 0 amide bonds. The van der Waals surface area contributed by atoms with Crippen molar-refractivity contribution in [3.63, 3.8) is 0 Å². The van der Waals surface area contributed by atoms with E-state index in [-0.39, 0.29) is 17.3 Å². The fraction of sp³-hybridized carbons (Fsp3) is 0.455. The first-order valence-corrected chi connectivity index (χ1v) is 7.28. The number of pyridine rings is 1. The molecular formula is C11H14N4O3S. The maximum atomic E-state index is 11.0. The van der Waals surface area contributed by atoms with Gasteiger partial charge >= 0.3 is 0 Å². The van der Waals surface area contributed by atoms with Crippen molar-refractivity contribution in [3.05, 3.63) is 27.9 Å². The Labute approximate surface area is 113 Å². The van der Waals surface area contributed by atoms with Crippen LogP contribution in [-0.2, 0) is 10.8 Å². The molecule has 0 spiro atoms. The van der Waals surface area contributed by atoms with E-state index in [2.05, 4.69) is 10.3 Å². The van der Waals surface area contributed by atoms with Crippen LogP contribution < -0.4 is 5.32 Å². The van der Waals surface area contributed by atoms with Gasteiger partial charge in [-0.15, -0.1) is 0 Å². The Morgan fingerprint density at radius 3 is 2.89 bits per heavy atom. The van der Waals surface area contributed by atoms with E-state index in [0.717, 1.165) is 6.20 Å². The van der Waals surface area contributed by atoms with Crippen molar-refractivity contribution in [1.29, 1.82) is 5.26 Å². The van der Waals surface area contributed by atoms with Gasteiger partial charge in [0.25, 0.3) is 5.69 Å². The zero-order chi connectivity index (χ0) is 14.4. The smallest absolute Gasteiger partial charge is 0.289 e. The molecule has 1 aromatic heterocycles. The number of nitriles is 1. The summed E-state index contributed by atoms with van der Waals surface area (Å²) < 4.78 is 11.0. The van der Waals surface area contributed by atoms with E-state index in [1.54, 1.807) is 6.26 Å². The Hall–Kier alpha value is -2.01. The van der Waals surface area contributed by atoms with Gasteiger partial charge in [-0.05, 0) is 13.3 Å². The average Bonchev–Trinajstić information content (AvgIpc) is 2.36. The van der Waals surface area contributed by atoms with Crippen LogP contribution in [0.25, 0.3) is 0 Å². The Bertz CT molecular complexity index is 541. The second-order valence-electron chi connectivity index (χ2n) is 4.07. The Kier molecular flexibility index (Phi) is 5.38. The molecule has 0 bridgehead atoms. The Morgan fingerprint density at radius 1 is 1.68 bits per heavy atom. The van der Waals surface area contributed by atoms with Gasteiger partial charge in [0.05, 0.1) is 4.92 Å². The van der Waals surface area contributed by atoms with E-state index >= 15 is 0 Å². The molecule has 8 heteroatoms. The highest BCUT2D eigenvalue weighted by Gasteiger charge is 2.13. The number of nitrogens with one attached hydrogen (secondary N) is 1. The van der Waals surface area contributed by atoms with Crippen molar-refractivity contribution in [2.24, 2.45) is 0 Å². The summed E-state index contributed by atoms with van der Waals surface area (Å²) in [6, 6.07) is 3.03. The Balaban J connectivity index is 2.81. The number of aromatic nitrogens is 1. The molecule has 2 unspecified atom stereocenters. The fourth-order valence-corrected chi connectivity index (χ4v) is 2.09. The molecule has 0 aromatic carbocycles. The molecule has 0 aliphatic carbocycles. The maximum absolute atomic E-state index is 11.0. The van der Waals surface area contributed by atoms with E-state index in [9.17, 15) is 14.3 Å². The molecule has 1 heterocycles. The molecule has 1 rings (SSSR count). The summed E-state index contributed by atoms with van der Waals surface area (Å²) in [6.45, 7) is 1.87. The summed E-state index contributed by atoms with van der Waals surface area (Å²) in [5.41, 5.74) is -0.0944. The first-order chi connectivity index (χ1) is 8.93. The van der Waals surface area contributed by atoms with E-state index in [1.807, 2.05) is 13.0 Å². The van der Waals surface area contributed by atoms with E-state index in [1.165, 1.54) is 6.07 Å². The minimum atomic E-state index is -0.876. The van der Waals surface area contributed by atoms with Crippen molar-refractivity contribution < 1.29 is 9.13 Å². The average molecular weight is 282 g/mol. The maximum Gasteiger partial charge on any atom is 0.289 e. The topological polar surface area (TPSA) is 109 Å². The minimum Gasteiger partial charge on any atom is -0.366 e. The highest BCUT2D eigenvalue weighted by molar-refractivity contribution is 7.84. The number of hydrogen-bond acceptors (Lipinski definition) is 6. The summed E-state index contributed by atoms with van der Waals surface area (Å²) >= 11 is 0. The Morgan fingerprint density at radius 2 is 2.37 bits per heavy atom. The predicted molar refractivity (Wildman–Crippen MR) is 72.2 cm³/mol. The standard InChI is InChI=1S/C11H14N4O3S/c1-8(3-4-19(2)18)14-11-9(6-12)5-10(7-13-11)15(16)17/h5,7-8H,3-4H2,1-2H3,(H,13,14). The van der Waals surface area contributed by atoms with Crippen LogP contribution in [0.2, 0.25) is 0 Å². The molecule has 0 fully saturated rings. The highest BCUT2D eigenvalue weighted by Crippen LogP contribution is 2.19. The fourth-order valence-electron chi connectivity index (χ4n) is 1.40. The molecule has 0 aliphatic rings. The monoisotopic (exact) mass is 282 g/mol. The van der Waals surface area contributed by atoms with Gasteiger partial charge < -0.3 is 5.32 Å². The number of anilines is 1. The first-order valence-electron chi connectivity index (χ1n) is 5.55. The predicted octanol–water partition coefficient (Wildman–Crippen LogP) is 1.43. The first kappa shape index (κ1) is 15.0. The van der Waals surface area contributed by atoms with Gasteiger partial charge in [0.2, 0.25) is 0 Å². The second-order valence-corrected chi connectivity index (χ2v) is 5.62. The third-order valence-electron chi connectivity index (χ3n) is 2.43. The van der Waals surface area contributed by atoms with Gasteiger partial charge in [0, 0.05) is 34.9 Å². The van der Waals surface area contributed by atoms with Gasteiger partial charge in [0.15, 0.2) is 0 Å². The summed E-state index contributed by atoms with van der Waals surface area (Å²) in [4.78, 5) is 13.9. The lowest BCUT2D eigenvalue weighted by atomic mass is 10.2. The molecular weight excluding hydrogens is 268 g/mol. The van der Waals surface area contributed by atoms with Crippen LogP contribution >= 0.6 is 0 Å². The highest BCUT2D eigenvalue weighted by atomic mass is 32.2. The lowest BCUT2D eigenvalue weighted by molar-refractivity contribution is -0.385. The molecule has 7 nitrogen and oxygen atoms in total. The molecule has 0 saturated carbocycles. The molecule has 1 aromatic rings. The van der Waals surface area contributed by atoms with Gasteiger partial charge in [-0.25, -0.2) is 4.98 Å². The van der Waals surface area contributed by atoms with Crippen LogP contribution in [-0.4, -0.2) is 32.2 Å². The SMILES string of the molecule is CC(CCS(C)=O)Nc1ncc([N+](=O)[O-])cc1C#N. The van der Waals surface area contributed by atoms with E-state index in [4.69, 9.17) is 5.26 Å². The molecule has 2 atom stereocenters. The molecule has 0 aliphatic heterocycles. The normalized spacial score (nSPS) is 13.3. The van der Waals surface area contributed by atoms with E-state index < -0.39 is 15.7 Å². The van der Waals surface area contributed by atoms with Crippen LogP contribution in [0.5, 0.6) is 0 Å². The summed E-state index contributed by atoms with van der Waals surface area (Å²) in [5, 5.41) is 22.5. The number of rotatable bonds is 6. The van der Waals surface area contributed by atoms with Crippen LogP contribution in [0.1, 0.15) is 18.9 Å². The molecule has 0 saturated heterocycles. The lowest BCUT2D eigenvalue weighted by Gasteiger charge is -2.14. The summed E-state index contributed by atoms with van der Waals surface area (Å²) in [6.07, 6.45) is 3.39. The van der Waals surface area contributed by atoms with Crippen molar-refractivity contribution >= 4 is 22.3 Å². The van der Waals surface area contributed by atoms with Crippen LogP contribution in [0.15, 0.2) is 12.3 Å². The van der Waals surface area contributed by atoms with Crippen LogP contribution in [0.3, 0.4) is 0 Å². The lowest BCUT2D eigenvalue weighted by Crippen LogP contribution is -2.19. The molecule has 1 N–H and O–H groups in total. The number of nitrogens with zero attached hydrogens (tertiary/aromatic N) is 3. The van der Waals surface area contributed by atoms with Crippen molar-refractivity contribution in [3.8, 4) is 6.07 Å². The number of nitro groups is 1.